The molecule has 1 atom stereocenters. The Kier molecular flexibility index (Phi) is 7.79. The topological polar surface area (TPSA) is 85.9 Å². The molecule has 1 aliphatic heterocycles. The highest BCUT2D eigenvalue weighted by atomic mass is 35.5. The second kappa shape index (κ2) is 9.87. The van der Waals surface area contributed by atoms with Crippen LogP contribution >= 0.6 is 11.6 Å². The number of carbonyl (C=O) groups is 2. The molecule has 0 bridgehead atoms. The van der Waals surface area contributed by atoms with Crippen LogP contribution in [0.4, 0.5) is 4.79 Å². The van der Waals surface area contributed by atoms with Crippen LogP contribution in [0, 0.1) is 5.92 Å². The number of nitrogens with one attached hydrogen (secondary N) is 2. The third kappa shape index (κ3) is 5.35. The van der Waals surface area contributed by atoms with E-state index in [1.54, 1.807) is 26.0 Å². The molecule has 0 radical (unpaired) electrons. The standard InChI is InChI=1S/C21H29ClN2O5/c1-7-27-15-10-13(9-14(22)19(15)28-8-2)18-16(20(25)29-12(5)6)17(11(3)4)23-21(26)24-18/h9-12,18H,7-8H2,1-6H3,(H2,23,24,26). The number of carbonyl (C=O) groups excluding carboxylic acids is 2. The number of urea groups is 1. The van der Waals surface area contributed by atoms with Crippen LogP contribution in [0.25, 0.3) is 0 Å². The third-order valence-electron chi connectivity index (χ3n) is 4.20. The number of hydrogen-bond donors (Lipinski definition) is 2. The van der Waals surface area contributed by atoms with Crippen molar-refractivity contribution in [2.75, 3.05) is 13.2 Å². The zero-order valence-electron chi connectivity index (χ0n) is 17.7. The third-order valence-corrected chi connectivity index (χ3v) is 4.48. The van der Waals surface area contributed by atoms with Gasteiger partial charge >= 0.3 is 12.0 Å². The van der Waals surface area contributed by atoms with Crippen molar-refractivity contribution in [1.29, 1.82) is 0 Å². The van der Waals surface area contributed by atoms with Gasteiger partial charge < -0.3 is 24.8 Å². The molecule has 1 unspecified atom stereocenters. The lowest BCUT2D eigenvalue weighted by atomic mass is 9.91. The van der Waals surface area contributed by atoms with E-state index in [1.165, 1.54) is 0 Å². The van der Waals surface area contributed by atoms with E-state index in [0.717, 1.165) is 0 Å². The molecule has 1 aromatic rings. The Hall–Kier alpha value is -2.41. The molecular weight excluding hydrogens is 396 g/mol. The molecule has 2 amide bonds. The number of hydrogen-bond acceptors (Lipinski definition) is 5. The maximum absolute atomic E-state index is 12.9. The zero-order chi connectivity index (χ0) is 21.7. The van der Waals surface area contributed by atoms with Crippen molar-refractivity contribution in [1.82, 2.24) is 10.6 Å². The summed E-state index contributed by atoms with van der Waals surface area (Å²) in [6, 6.07) is 2.27. The van der Waals surface area contributed by atoms with Gasteiger partial charge in [-0.3, -0.25) is 0 Å². The molecule has 8 heteroatoms. The highest BCUT2D eigenvalue weighted by molar-refractivity contribution is 6.32. The number of benzene rings is 1. The second-order valence-corrected chi connectivity index (χ2v) is 7.57. The van der Waals surface area contributed by atoms with Gasteiger partial charge in [0.25, 0.3) is 0 Å². The van der Waals surface area contributed by atoms with Crippen LogP contribution in [-0.4, -0.2) is 31.3 Å². The summed E-state index contributed by atoms with van der Waals surface area (Å²) in [5.41, 5.74) is 1.47. The quantitative estimate of drug-likeness (QED) is 0.606. The first-order valence-corrected chi connectivity index (χ1v) is 10.2. The molecule has 1 heterocycles. The Labute approximate surface area is 176 Å². The fourth-order valence-electron chi connectivity index (χ4n) is 3.10. The van der Waals surface area contributed by atoms with Gasteiger partial charge in [-0.1, -0.05) is 25.4 Å². The van der Waals surface area contributed by atoms with Gasteiger partial charge in [0.15, 0.2) is 11.5 Å². The van der Waals surface area contributed by atoms with Gasteiger partial charge in [0.1, 0.15) is 0 Å². The van der Waals surface area contributed by atoms with E-state index in [0.29, 0.717) is 46.6 Å². The average Bonchev–Trinajstić information content (AvgIpc) is 2.63. The highest BCUT2D eigenvalue weighted by Crippen LogP contribution is 2.41. The monoisotopic (exact) mass is 424 g/mol. The van der Waals surface area contributed by atoms with Crippen LogP contribution in [0.1, 0.15) is 53.1 Å². The summed E-state index contributed by atoms with van der Waals surface area (Å²) >= 11 is 6.45. The normalized spacial score (nSPS) is 16.6. The first kappa shape index (κ1) is 22.9. The van der Waals surface area contributed by atoms with Gasteiger partial charge in [0, 0.05) is 5.70 Å². The predicted molar refractivity (Wildman–Crippen MR) is 111 cm³/mol. The van der Waals surface area contributed by atoms with E-state index in [-0.39, 0.29) is 12.0 Å². The van der Waals surface area contributed by atoms with E-state index in [2.05, 4.69) is 10.6 Å². The molecule has 2 rings (SSSR count). The van der Waals surface area contributed by atoms with E-state index in [1.807, 2.05) is 27.7 Å². The molecule has 7 nitrogen and oxygen atoms in total. The van der Waals surface area contributed by atoms with Crippen molar-refractivity contribution < 1.29 is 23.8 Å². The number of allylic oxidation sites excluding steroid dienone is 1. The van der Waals surface area contributed by atoms with Gasteiger partial charge in [-0.05, 0) is 51.3 Å². The summed E-state index contributed by atoms with van der Waals surface area (Å²) in [7, 11) is 0. The molecule has 1 aromatic carbocycles. The minimum absolute atomic E-state index is 0.0946. The van der Waals surface area contributed by atoms with Gasteiger partial charge in [-0.2, -0.15) is 0 Å². The summed E-state index contributed by atoms with van der Waals surface area (Å²) in [5.74, 6) is 0.290. The molecule has 1 aliphatic rings. The Morgan fingerprint density at radius 1 is 1.14 bits per heavy atom. The van der Waals surface area contributed by atoms with Gasteiger partial charge in [-0.15, -0.1) is 0 Å². The summed E-state index contributed by atoms with van der Waals surface area (Å²) < 4.78 is 16.8. The predicted octanol–water partition coefficient (Wildman–Crippen LogP) is 4.35. The van der Waals surface area contributed by atoms with Crippen LogP contribution in [-0.2, 0) is 9.53 Å². The van der Waals surface area contributed by atoms with E-state index in [9.17, 15) is 9.59 Å². The highest BCUT2D eigenvalue weighted by Gasteiger charge is 2.36. The van der Waals surface area contributed by atoms with Crippen molar-refractivity contribution in [3.63, 3.8) is 0 Å². The van der Waals surface area contributed by atoms with Crippen molar-refractivity contribution in [2.24, 2.45) is 5.92 Å². The minimum Gasteiger partial charge on any atom is -0.490 e. The van der Waals surface area contributed by atoms with E-state index < -0.39 is 18.0 Å². The lowest BCUT2D eigenvalue weighted by molar-refractivity contribution is -0.143. The molecule has 160 valence electrons. The number of rotatable bonds is 8. The summed E-state index contributed by atoms with van der Waals surface area (Å²) in [4.78, 5) is 25.2. The van der Waals surface area contributed by atoms with Gasteiger partial charge in [-0.25, -0.2) is 9.59 Å². The fourth-order valence-corrected chi connectivity index (χ4v) is 3.37. The molecule has 0 aromatic heterocycles. The summed E-state index contributed by atoms with van der Waals surface area (Å²) in [6.07, 6.45) is -0.301. The number of halogens is 1. The van der Waals surface area contributed by atoms with Crippen LogP contribution in [0.15, 0.2) is 23.4 Å². The maximum atomic E-state index is 12.9. The molecule has 0 aliphatic carbocycles. The lowest BCUT2D eigenvalue weighted by Crippen LogP contribution is -2.47. The Balaban J connectivity index is 2.63. The van der Waals surface area contributed by atoms with E-state index >= 15 is 0 Å². The first-order chi connectivity index (χ1) is 13.7. The van der Waals surface area contributed by atoms with Crippen LogP contribution in [0.2, 0.25) is 5.02 Å². The zero-order valence-corrected chi connectivity index (χ0v) is 18.5. The average molecular weight is 425 g/mol. The van der Waals surface area contributed by atoms with E-state index in [4.69, 9.17) is 25.8 Å². The smallest absolute Gasteiger partial charge is 0.338 e. The van der Waals surface area contributed by atoms with Crippen molar-refractivity contribution in [3.05, 3.63) is 34.0 Å². The summed E-state index contributed by atoms with van der Waals surface area (Å²) in [5, 5.41) is 5.89. The summed E-state index contributed by atoms with van der Waals surface area (Å²) in [6.45, 7) is 11.9. The molecule has 0 spiro atoms. The van der Waals surface area contributed by atoms with Crippen LogP contribution in [0.3, 0.4) is 0 Å². The molecule has 0 saturated carbocycles. The van der Waals surface area contributed by atoms with Crippen molar-refractivity contribution in [3.8, 4) is 11.5 Å². The Bertz CT molecular complexity index is 805. The SMILES string of the molecule is CCOc1cc(C2NC(=O)NC(C(C)C)=C2C(=O)OC(C)C)cc(Cl)c1OCC. The first-order valence-electron chi connectivity index (χ1n) is 9.81. The van der Waals surface area contributed by atoms with Crippen molar-refractivity contribution >= 4 is 23.6 Å². The maximum Gasteiger partial charge on any atom is 0.338 e. The van der Waals surface area contributed by atoms with Crippen LogP contribution in [0.5, 0.6) is 11.5 Å². The van der Waals surface area contributed by atoms with Crippen molar-refractivity contribution in [2.45, 2.75) is 53.7 Å². The molecule has 29 heavy (non-hydrogen) atoms. The van der Waals surface area contributed by atoms with Gasteiger partial charge in [0.05, 0.1) is 36.0 Å². The Morgan fingerprint density at radius 2 is 1.79 bits per heavy atom. The number of ether oxygens (including phenoxy) is 3. The second-order valence-electron chi connectivity index (χ2n) is 7.16. The lowest BCUT2D eigenvalue weighted by Gasteiger charge is -2.31. The largest absolute Gasteiger partial charge is 0.490 e. The minimum atomic E-state index is -0.736. The molecular formula is C21H29ClN2O5. The molecule has 0 saturated heterocycles. The van der Waals surface area contributed by atoms with Gasteiger partial charge in [0.2, 0.25) is 0 Å². The fraction of sp³-hybridized carbons (Fsp3) is 0.524. The molecule has 2 N–H and O–H groups in total. The Morgan fingerprint density at radius 3 is 2.34 bits per heavy atom. The number of esters is 1. The molecule has 0 fully saturated rings. The number of amides is 2. The van der Waals surface area contributed by atoms with Crippen LogP contribution < -0.4 is 20.1 Å².